The van der Waals surface area contributed by atoms with E-state index in [2.05, 4.69) is 28.6 Å². The summed E-state index contributed by atoms with van der Waals surface area (Å²) in [5.74, 6) is -7.62. The van der Waals surface area contributed by atoms with Crippen LogP contribution in [-0.2, 0) is 33.6 Å². The van der Waals surface area contributed by atoms with Gasteiger partial charge in [0.15, 0.2) is 0 Å². The van der Waals surface area contributed by atoms with Crippen molar-refractivity contribution in [2.45, 2.75) is 56.3 Å². The van der Waals surface area contributed by atoms with E-state index in [9.17, 15) is 38.7 Å². The molecule has 0 aliphatic carbocycles. The quantitative estimate of drug-likeness (QED) is 0.0936. The van der Waals surface area contributed by atoms with E-state index in [0.717, 1.165) is 0 Å². The Bertz CT molecular complexity index is 778. The number of nitrogens with one attached hydrogen (secondary N) is 3. The Balaban J connectivity index is 5.56. The Morgan fingerprint density at radius 1 is 0.727 bits per heavy atom. The van der Waals surface area contributed by atoms with Gasteiger partial charge in [0.25, 0.3) is 0 Å². The first kappa shape index (κ1) is 29.6. The van der Waals surface area contributed by atoms with Crippen LogP contribution in [0.15, 0.2) is 0 Å². The predicted octanol–water partition coefficient (Wildman–Crippen LogP) is -4.21. The molecule has 0 aliphatic rings. The summed E-state index contributed by atoms with van der Waals surface area (Å²) in [6, 6.07) is -5.76. The molecule has 0 fully saturated rings. The van der Waals surface area contributed by atoms with Crippen LogP contribution in [0.2, 0.25) is 0 Å². The number of primary amides is 2. The van der Waals surface area contributed by atoms with Crippen molar-refractivity contribution in [3.05, 3.63) is 0 Å². The maximum Gasteiger partial charge on any atom is 0.326 e. The highest BCUT2D eigenvalue weighted by molar-refractivity contribution is 7.80. The minimum atomic E-state index is -1.60. The molecule has 4 atom stereocenters. The number of carbonyl (C=O) groups is 7. The number of rotatable bonds is 16. The van der Waals surface area contributed by atoms with E-state index < -0.39 is 84.9 Å². The van der Waals surface area contributed by atoms with Gasteiger partial charge in [-0.15, -0.1) is 0 Å². The number of carbonyl (C=O) groups excluding carboxylic acids is 5. The number of carboxylic acids is 2. The van der Waals surface area contributed by atoms with Crippen molar-refractivity contribution >= 4 is 54.1 Å². The molecule has 0 aliphatic heterocycles. The molecular formula is C17H28N6O9S. The van der Waals surface area contributed by atoms with Crippen LogP contribution in [0.4, 0.5) is 0 Å². The molecule has 15 nitrogen and oxygen atoms in total. The molecule has 0 rings (SSSR count). The number of hydrogen-bond donors (Lipinski definition) is 9. The molecule has 186 valence electrons. The second-order valence-electron chi connectivity index (χ2n) is 6.92. The summed E-state index contributed by atoms with van der Waals surface area (Å²) in [7, 11) is 0. The van der Waals surface area contributed by atoms with Crippen molar-refractivity contribution in [2.24, 2.45) is 17.2 Å². The Labute approximate surface area is 193 Å². The zero-order valence-corrected chi connectivity index (χ0v) is 18.4. The normalized spacial score (nSPS) is 14.1. The molecule has 0 aromatic rings. The zero-order chi connectivity index (χ0) is 25.7. The van der Waals surface area contributed by atoms with Gasteiger partial charge in [0.2, 0.25) is 29.5 Å². The monoisotopic (exact) mass is 492 g/mol. The molecular weight excluding hydrogens is 464 g/mol. The fourth-order valence-electron chi connectivity index (χ4n) is 2.40. The number of aliphatic carboxylic acids is 2. The third-order valence-electron chi connectivity index (χ3n) is 4.15. The lowest BCUT2D eigenvalue weighted by Gasteiger charge is -2.24. The summed E-state index contributed by atoms with van der Waals surface area (Å²) in [5, 5.41) is 24.4. The number of nitrogens with two attached hydrogens (primary N) is 3. The first-order valence-electron chi connectivity index (χ1n) is 9.57. The van der Waals surface area contributed by atoms with Gasteiger partial charge in [-0.2, -0.15) is 12.6 Å². The molecule has 0 saturated heterocycles. The van der Waals surface area contributed by atoms with Gasteiger partial charge in [-0.1, -0.05) is 0 Å². The van der Waals surface area contributed by atoms with Gasteiger partial charge in [-0.3, -0.25) is 28.8 Å². The van der Waals surface area contributed by atoms with Crippen LogP contribution in [0.5, 0.6) is 0 Å². The standard InChI is InChI=1S/C17H28N6O9S/c18-7(6-33)14(28)23-10(5-12(20)25)16(30)21-8(1-3-11(19)24)15(29)22-9(17(31)32)2-4-13(26)27/h7-10,33H,1-6,18H2,(H2,19,24)(H2,20,25)(H,21,30)(H,22,29)(H,23,28)(H,26,27)(H,31,32). The highest BCUT2D eigenvalue weighted by Gasteiger charge is 2.31. The Morgan fingerprint density at radius 2 is 1.21 bits per heavy atom. The summed E-state index contributed by atoms with van der Waals surface area (Å²) in [4.78, 5) is 81.6. The molecule has 0 radical (unpaired) electrons. The maximum absolute atomic E-state index is 12.6. The van der Waals surface area contributed by atoms with Gasteiger partial charge in [0.1, 0.15) is 18.1 Å². The van der Waals surface area contributed by atoms with Gasteiger partial charge in [-0.05, 0) is 12.8 Å². The van der Waals surface area contributed by atoms with E-state index >= 15 is 0 Å². The average Bonchev–Trinajstić information content (AvgIpc) is 2.71. The molecule has 5 amide bonds. The molecule has 0 heterocycles. The number of amides is 5. The van der Waals surface area contributed by atoms with Crippen molar-refractivity contribution in [3.63, 3.8) is 0 Å². The lowest BCUT2D eigenvalue weighted by molar-refractivity contribution is -0.143. The minimum absolute atomic E-state index is 0.0761. The summed E-state index contributed by atoms with van der Waals surface area (Å²) >= 11 is 3.85. The molecule has 0 bridgehead atoms. The Morgan fingerprint density at radius 3 is 1.67 bits per heavy atom. The number of thiol groups is 1. The summed E-state index contributed by atoms with van der Waals surface area (Å²) in [6.07, 6.45) is -2.41. The second kappa shape index (κ2) is 14.6. The fraction of sp³-hybridized carbons (Fsp3) is 0.588. The first-order chi connectivity index (χ1) is 15.3. The van der Waals surface area contributed by atoms with Crippen LogP contribution in [0.25, 0.3) is 0 Å². The van der Waals surface area contributed by atoms with Crippen LogP contribution >= 0.6 is 12.6 Å². The van der Waals surface area contributed by atoms with E-state index in [-0.39, 0.29) is 18.6 Å². The SMILES string of the molecule is NC(=O)CCC(NC(=O)C(CC(N)=O)NC(=O)C(N)CS)C(=O)NC(CCC(=O)O)C(=O)O. The third-order valence-corrected chi connectivity index (χ3v) is 4.54. The van der Waals surface area contributed by atoms with E-state index in [1.54, 1.807) is 0 Å². The summed E-state index contributed by atoms with van der Waals surface area (Å²) in [6.45, 7) is 0. The van der Waals surface area contributed by atoms with Crippen LogP contribution in [0, 0.1) is 0 Å². The third kappa shape index (κ3) is 12.3. The Hall–Kier alpha value is -3.40. The topological polar surface area (TPSA) is 274 Å². The largest absolute Gasteiger partial charge is 0.481 e. The van der Waals surface area contributed by atoms with Crippen LogP contribution in [-0.4, -0.2) is 81.6 Å². The zero-order valence-electron chi connectivity index (χ0n) is 17.5. The van der Waals surface area contributed by atoms with E-state index in [1.807, 2.05) is 0 Å². The van der Waals surface area contributed by atoms with Gasteiger partial charge in [0.05, 0.1) is 12.5 Å². The predicted molar refractivity (Wildman–Crippen MR) is 114 cm³/mol. The van der Waals surface area contributed by atoms with Crippen molar-refractivity contribution < 1.29 is 43.8 Å². The number of hydrogen-bond acceptors (Lipinski definition) is 9. The molecule has 0 saturated carbocycles. The number of carboxylic acid groups (broad SMARTS) is 2. The summed E-state index contributed by atoms with van der Waals surface area (Å²) < 4.78 is 0. The van der Waals surface area contributed by atoms with Crippen molar-refractivity contribution in [3.8, 4) is 0 Å². The van der Waals surface area contributed by atoms with Gasteiger partial charge in [0, 0.05) is 18.6 Å². The molecule has 0 spiro atoms. The first-order valence-corrected chi connectivity index (χ1v) is 10.2. The highest BCUT2D eigenvalue weighted by Crippen LogP contribution is 2.04. The van der Waals surface area contributed by atoms with Gasteiger partial charge < -0.3 is 43.4 Å². The van der Waals surface area contributed by atoms with Crippen LogP contribution < -0.4 is 33.2 Å². The van der Waals surface area contributed by atoms with E-state index in [4.69, 9.17) is 22.3 Å². The van der Waals surface area contributed by atoms with Crippen LogP contribution in [0.3, 0.4) is 0 Å². The van der Waals surface area contributed by atoms with Gasteiger partial charge >= 0.3 is 11.9 Å². The smallest absolute Gasteiger partial charge is 0.326 e. The average molecular weight is 493 g/mol. The second-order valence-corrected chi connectivity index (χ2v) is 7.28. The molecule has 11 N–H and O–H groups in total. The molecule has 33 heavy (non-hydrogen) atoms. The van der Waals surface area contributed by atoms with Crippen molar-refractivity contribution in [1.82, 2.24) is 16.0 Å². The van der Waals surface area contributed by atoms with E-state index in [1.165, 1.54) is 0 Å². The van der Waals surface area contributed by atoms with Crippen molar-refractivity contribution in [2.75, 3.05) is 5.75 Å². The Kier molecular flexibility index (Phi) is 13.1. The summed E-state index contributed by atoms with van der Waals surface area (Å²) in [5.41, 5.74) is 15.7. The lowest BCUT2D eigenvalue weighted by Crippen LogP contribution is -2.58. The molecule has 16 heteroatoms. The lowest BCUT2D eigenvalue weighted by atomic mass is 10.1. The van der Waals surface area contributed by atoms with E-state index in [0.29, 0.717) is 0 Å². The molecule has 0 aromatic heterocycles. The van der Waals surface area contributed by atoms with Gasteiger partial charge in [-0.25, -0.2) is 4.79 Å². The van der Waals surface area contributed by atoms with Crippen LogP contribution in [0.1, 0.15) is 32.1 Å². The van der Waals surface area contributed by atoms with Crippen molar-refractivity contribution in [1.29, 1.82) is 0 Å². The molecule has 4 unspecified atom stereocenters. The highest BCUT2D eigenvalue weighted by atomic mass is 32.1. The minimum Gasteiger partial charge on any atom is -0.481 e. The maximum atomic E-state index is 12.6. The molecule has 0 aromatic carbocycles. The fourth-order valence-corrected chi connectivity index (χ4v) is 2.56.